The number of carbonyl (C=O) groups excluding carboxylic acids is 1. The number of nitrogens with one attached hydrogen (secondary N) is 2. The number of amides is 1. The van der Waals surface area contributed by atoms with Gasteiger partial charge < -0.3 is 15.4 Å². The van der Waals surface area contributed by atoms with Crippen LogP contribution in [-0.4, -0.2) is 41.7 Å². The maximum atomic E-state index is 12.1. The van der Waals surface area contributed by atoms with Crippen molar-refractivity contribution in [2.45, 2.75) is 32.2 Å². The van der Waals surface area contributed by atoms with E-state index in [2.05, 4.69) is 27.5 Å². The lowest BCUT2D eigenvalue weighted by Crippen LogP contribution is -2.39. The quantitative estimate of drug-likeness (QED) is 0.836. The van der Waals surface area contributed by atoms with Gasteiger partial charge in [0.2, 0.25) is 0 Å². The van der Waals surface area contributed by atoms with E-state index < -0.39 is 0 Å². The summed E-state index contributed by atoms with van der Waals surface area (Å²) < 4.78 is 5.26. The van der Waals surface area contributed by atoms with Crippen LogP contribution in [-0.2, 0) is 4.74 Å². The Morgan fingerprint density at radius 2 is 2.21 bits per heavy atom. The summed E-state index contributed by atoms with van der Waals surface area (Å²) in [6.07, 6.45) is 5.83. The Morgan fingerprint density at radius 1 is 1.42 bits per heavy atom. The standard InChI is InChI=1S/C13H20N4O2/c1-2-5-15-12-9-14-8-11(17-12)13(18)16-10-3-6-19-7-4-10/h8-10H,2-7H2,1H3,(H,15,17)(H,16,18). The fourth-order valence-corrected chi connectivity index (χ4v) is 1.91. The molecule has 19 heavy (non-hydrogen) atoms. The average molecular weight is 264 g/mol. The van der Waals surface area contributed by atoms with E-state index in [9.17, 15) is 4.79 Å². The number of aromatic nitrogens is 2. The average Bonchev–Trinajstić information content (AvgIpc) is 2.46. The van der Waals surface area contributed by atoms with Crippen molar-refractivity contribution in [1.82, 2.24) is 15.3 Å². The van der Waals surface area contributed by atoms with Crippen molar-refractivity contribution in [1.29, 1.82) is 0 Å². The van der Waals surface area contributed by atoms with E-state index in [0.717, 1.165) is 25.8 Å². The number of hydrogen-bond acceptors (Lipinski definition) is 5. The van der Waals surface area contributed by atoms with Crippen LogP contribution in [0, 0.1) is 0 Å². The molecular weight excluding hydrogens is 244 g/mol. The molecule has 0 bridgehead atoms. The van der Waals surface area contributed by atoms with E-state index in [0.29, 0.717) is 24.7 Å². The van der Waals surface area contributed by atoms with Crippen molar-refractivity contribution in [3.63, 3.8) is 0 Å². The molecule has 2 heterocycles. The second kappa shape index (κ2) is 7.04. The number of nitrogens with zero attached hydrogens (tertiary/aromatic N) is 2. The van der Waals surface area contributed by atoms with E-state index in [1.54, 1.807) is 6.20 Å². The van der Waals surface area contributed by atoms with Gasteiger partial charge in [0.05, 0.1) is 12.4 Å². The van der Waals surface area contributed by atoms with Crippen molar-refractivity contribution < 1.29 is 9.53 Å². The fourth-order valence-electron chi connectivity index (χ4n) is 1.91. The smallest absolute Gasteiger partial charge is 0.271 e. The Labute approximate surface area is 113 Å². The predicted octanol–water partition coefficient (Wildman–Crippen LogP) is 1.21. The van der Waals surface area contributed by atoms with Crippen LogP contribution in [0.3, 0.4) is 0 Å². The van der Waals surface area contributed by atoms with Crippen molar-refractivity contribution in [3.8, 4) is 0 Å². The number of hydrogen-bond donors (Lipinski definition) is 2. The molecule has 0 aliphatic carbocycles. The molecule has 1 amide bonds. The minimum absolute atomic E-state index is 0.167. The maximum absolute atomic E-state index is 12.1. The van der Waals surface area contributed by atoms with E-state index >= 15 is 0 Å². The normalized spacial score (nSPS) is 16.1. The molecule has 104 valence electrons. The minimum atomic E-state index is -0.167. The van der Waals surface area contributed by atoms with Gasteiger partial charge in [0.15, 0.2) is 0 Å². The van der Waals surface area contributed by atoms with Gasteiger partial charge in [-0.1, -0.05) is 6.92 Å². The lowest BCUT2D eigenvalue weighted by molar-refractivity contribution is 0.0694. The SMILES string of the molecule is CCCNc1cncc(C(=O)NC2CCOCC2)n1. The van der Waals surface area contributed by atoms with Crippen molar-refractivity contribution in [2.24, 2.45) is 0 Å². The number of carbonyl (C=O) groups is 1. The van der Waals surface area contributed by atoms with Crippen LogP contribution in [0.25, 0.3) is 0 Å². The summed E-state index contributed by atoms with van der Waals surface area (Å²) in [5.74, 6) is 0.473. The van der Waals surface area contributed by atoms with Gasteiger partial charge in [0.25, 0.3) is 5.91 Å². The zero-order chi connectivity index (χ0) is 13.5. The van der Waals surface area contributed by atoms with Crippen molar-refractivity contribution in [2.75, 3.05) is 25.1 Å². The van der Waals surface area contributed by atoms with E-state index in [1.165, 1.54) is 6.20 Å². The molecular formula is C13H20N4O2. The maximum Gasteiger partial charge on any atom is 0.271 e. The summed E-state index contributed by atoms with van der Waals surface area (Å²) in [5.41, 5.74) is 0.354. The number of rotatable bonds is 5. The van der Waals surface area contributed by atoms with Crippen molar-refractivity contribution >= 4 is 11.7 Å². The van der Waals surface area contributed by atoms with Crippen molar-refractivity contribution in [3.05, 3.63) is 18.1 Å². The van der Waals surface area contributed by atoms with Crippen LogP contribution in [0.15, 0.2) is 12.4 Å². The molecule has 1 aliphatic heterocycles. The first-order valence-electron chi connectivity index (χ1n) is 6.74. The molecule has 0 spiro atoms. The zero-order valence-corrected chi connectivity index (χ0v) is 11.2. The summed E-state index contributed by atoms with van der Waals surface area (Å²) in [7, 11) is 0. The minimum Gasteiger partial charge on any atom is -0.381 e. The Morgan fingerprint density at radius 3 is 2.95 bits per heavy atom. The molecule has 0 radical (unpaired) electrons. The highest BCUT2D eigenvalue weighted by Gasteiger charge is 2.18. The highest BCUT2D eigenvalue weighted by atomic mass is 16.5. The highest BCUT2D eigenvalue weighted by molar-refractivity contribution is 5.92. The molecule has 0 aromatic carbocycles. The van der Waals surface area contributed by atoms with Crippen LogP contribution in [0.1, 0.15) is 36.7 Å². The first-order chi connectivity index (χ1) is 9.29. The molecule has 1 aromatic rings. The number of ether oxygens (including phenoxy) is 1. The monoisotopic (exact) mass is 264 g/mol. The fraction of sp³-hybridized carbons (Fsp3) is 0.615. The van der Waals surface area contributed by atoms with Crippen LogP contribution in [0.5, 0.6) is 0 Å². The van der Waals surface area contributed by atoms with Gasteiger partial charge in [0, 0.05) is 25.8 Å². The van der Waals surface area contributed by atoms with Gasteiger partial charge in [-0.15, -0.1) is 0 Å². The van der Waals surface area contributed by atoms with Gasteiger partial charge in [-0.05, 0) is 19.3 Å². The molecule has 0 saturated carbocycles. The summed E-state index contributed by atoms with van der Waals surface area (Å²) in [6, 6.07) is 0.176. The topological polar surface area (TPSA) is 76.1 Å². The third-order valence-electron chi connectivity index (χ3n) is 2.98. The molecule has 2 N–H and O–H groups in total. The predicted molar refractivity (Wildman–Crippen MR) is 72.1 cm³/mol. The largest absolute Gasteiger partial charge is 0.381 e. The highest BCUT2D eigenvalue weighted by Crippen LogP contribution is 2.08. The van der Waals surface area contributed by atoms with E-state index in [-0.39, 0.29) is 11.9 Å². The third-order valence-corrected chi connectivity index (χ3v) is 2.98. The van der Waals surface area contributed by atoms with Crippen LogP contribution >= 0.6 is 0 Å². The molecule has 6 nitrogen and oxygen atoms in total. The lowest BCUT2D eigenvalue weighted by Gasteiger charge is -2.22. The second-order valence-electron chi connectivity index (χ2n) is 4.58. The number of anilines is 1. The summed E-state index contributed by atoms with van der Waals surface area (Å²) in [6.45, 7) is 4.30. The molecule has 1 saturated heterocycles. The van der Waals surface area contributed by atoms with Gasteiger partial charge in [0.1, 0.15) is 11.5 Å². The van der Waals surface area contributed by atoms with Gasteiger partial charge in [-0.3, -0.25) is 9.78 Å². The first kappa shape index (κ1) is 13.7. The van der Waals surface area contributed by atoms with Crippen LogP contribution in [0.4, 0.5) is 5.82 Å². The van der Waals surface area contributed by atoms with Gasteiger partial charge >= 0.3 is 0 Å². The first-order valence-corrected chi connectivity index (χ1v) is 6.74. The molecule has 2 rings (SSSR count). The second-order valence-corrected chi connectivity index (χ2v) is 4.58. The molecule has 1 aromatic heterocycles. The molecule has 0 atom stereocenters. The summed E-state index contributed by atoms with van der Waals surface area (Å²) >= 11 is 0. The zero-order valence-electron chi connectivity index (χ0n) is 11.2. The van der Waals surface area contributed by atoms with Gasteiger partial charge in [-0.2, -0.15) is 0 Å². The molecule has 0 unspecified atom stereocenters. The Bertz CT molecular complexity index is 419. The molecule has 1 fully saturated rings. The lowest BCUT2D eigenvalue weighted by atomic mass is 10.1. The van der Waals surface area contributed by atoms with E-state index in [4.69, 9.17) is 4.74 Å². The molecule has 1 aliphatic rings. The molecule has 6 heteroatoms. The van der Waals surface area contributed by atoms with Crippen LogP contribution in [0.2, 0.25) is 0 Å². The Kier molecular flexibility index (Phi) is 5.09. The summed E-state index contributed by atoms with van der Waals surface area (Å²) in [4.78, 5) is 20.4. The third kappa shape index (κ3) is 4.17. The van der Waals surface area contributed by atoms with E-state index in [1.807, 2.05) is 0 Å². The van der Waals surface area contributed by atoms with Crippen LogP contribution < -0.4 is 10.6 Å². The summed E-state index contributed by atoms with van der Waals surface area (Å²) in [5, 5.41) is 6.09. The Hall–Kier alpha value is -1.69. The Balaban J connectivity index is 1.93. The van der Waals surface area contributed by atoms with Gasteiger partial charge in [-0.25, -0.2) is 4.98 Å².